The second-order valence-electron chi connectivity index (χ2n) is 7.74. The lowest BCUT2D eigenvalue weighted by atomic mass is 9.83. The van der Waals surface area contributed by atoms with Crippen molar-refractivity contribution >= 4 is 28.2 Å². The minimum atomic E-state index is -3.00. The van der Waals surface area contributed by atoms with Gasteiger partial charge in [0.2, 0.25) is 0 Å². The standard InChI is InChI=1S/C21H23F2N3O3S/c1-11-16(30-10-25-11)8-28-14-4-5-15-19(17(20(24)27)12(2)29-15)18(14)13-6-7-26(3)9-21(13,22)23/h4-5,10,13H,6-9H2,1-3H3,(H2,24,27). The van der Waals surface area contributed by atoms with Gasteiger partial charge in [0.25, 0.3) is 11.8 Å². The van der Waals surface area contributed by atoms with Crippen LogP contribution in [0.15, 0.2) is 22.1 Å². The van der Waals surface area contributed by atoms with E-state index in [1.165, 1.54) is 11.3 Å². The molecule has 4 rings (SSSR count). The Labute approximate surface area is 176 Å². The number of hydrogen-bond donors (Lipinski definition) is 1. The van der Waals surface area contributed by atoms with Crippen molar-refractivity contribution in [1.82, 2.24) is 9.88 Å². The van der Waals surface area contributed by atoms with Gasteiger partial charge in [0, 0.05) is 10.9 Å². The highest BCUT2D eigenvalue weighted by Crippen LogP contribution is 2.48. The summed E-state index contributed by atoms with van der Waals surface area (Å²) in [4.78, 5) is 18.9. The summed E-state index contributed by atoms with van der Waals surface area (Å²) < 4.78 is 42.1. The predicted molar refractivity (Wildman–Crippen MR) is 110 cm³/mol. The van der Waals surface area contributed by atoms with Crippen LogP contribution in [0.4, 0.5) is 8.78 Å². The Morgan fingerprint density at radius 2 is 2.20 bits per heavy atom. The molecule has 1 unspecified atom stereocenters. The molecule has 6 nitrogen and oxygen atoms in total. The maximum Gasteiger partial charge on any atom is 0.267 e. The Balaban J connectivity index is 1.88. The predicted octanol–water partition coefficient (Wildman–Crippen LogP) is 4.24. The van der Waals surface area contributed by atoms with Crippen LogP contribution in [0.3, 0.4) is 0 Å². The number of alkyl halides is 2. The van der Waals surface area contributed by atoms with Crippen LogP contribution in [-0.4, -0.2) is 41.9 Å². The van der Waals surface area contributed by atoms with Crippen LogP contribution in [0.25, 0.3) is 11.0 Å². The monoisotopic (exact) mass is 435 g/mol. The average molecular weight is 435 g/mol. The number of fused-ring (bicyclic) bond motifs is 1. The van der Waals surface area contributed by atoms with Crippen molar-refractivity contribution in [3.8, 4) is 5.75 Å². The zero-order valence-electron chi connectivity index (χ0n) is 17.0. The molecule has 3 heterocycles. The number of piperidine rings is 1. The van der Waals surface area contributed by atoms with E-state index in [0.29, 0.717) is 34.6 Å². The zero-order chi connectivity index (χ0) is 21.6. The molecule has 1 aromatic carbocycles. The van der Waals surface area contributed by atoms with Gasteiger partial charge in [-0.2, -0.15) is 0 Å². The van der Waals surface area contributed by atoms with E-state index in [9.17, 15) is 4.79 Å². The summed E-state index contributed by atoms with van der Waals surface area (Å²) in [6, 6.07) is 3.27. The molecule has 0 spiro atoms. The van der Waals surface area contributed by atoms with Crippen molar-refractivity contribution in [3.05, 3.63) is 45.1 Å². The number of carbonyl (C=O) groups is 1. The van der Waals surface area contributed by atoms with Gasteiger partial charge in [-0.25, -0.2) is 13.8 Å². The van der Waals surface area contributed by atoms with E-state index in [2.05, 4.69) is 4.98 Å². The summed E-state index contributed by atoms with van der Waals surface area (Å²) in [7, 11) is 1.67. The van der Waals surface area contributed by atoms with Crippen molar-refractivity contribution < 1.29 is 22.7 Å². The maximum atomic E-state index is 15.2. The highest BCUT2D eigenvalue weighted by atomic mass is 32.1. The number of carbonyl (C=O) groups excluding carboxylic acids is 1. The summed E-state index contributed by atoms with van der Waals surface area (Å²) in [5.74, 6) is -4.21. The van der Waals surface area contributed by atoms with Crippen LogP contribution < -0.4 is 10.5 Å². The fraction of sp³-hybridized carbons (Fsp3) is 0.429. The van der Waals surface area contributed by atoms with Crippen LogP contribution >= 0.6 is 11.3 Å². The number of ether oxygens (including phenoxy) is 1. The first-order valence-corrected chi connectivity index (χ1v) is 10.5. The summed E-state index contributed by atoms with van der Waals surface area (Å²) in [6.45, 7) is 3.82. The van der Waals surface area contributed by atoms with E-state index >= 15 is 8.78 Å². The average Bonchev–Trinajstić information content (AvgIpc) is 3.21. The molecule has 1 saturated heterocycles. The zero-order valence-corrected chi connectivity index (χ0v) is 17.8. The molecule has 30 heavy (non-hydrogen) atoms. The van der Waals surface area contributed by atoms with E-state index in [0.717, 1.165) is 10.6 Å². The number of halogens is 2. The molecule has 2 aromatic heterocycles. The molecule has 1 amide bonds. The molecule has 0 aliphatic carbocycles. The van der Waals surface area contributed by atoms with Crippen LogP contribution in [0.2, 0.25) is 0 Å². The number of benzene rings is 1. The van der Waals surface area contributed by atoms with Crippen molar-refractivity contribution in [2.24, 2.45) is 5.73 Å². The van der Waals surface area contributed by atoms with Crippen LogP contribution in [-0.2, 0) is 6.61 Å². The Bertz CT molecular complexity index is 1110. The van der Waals surface area contributed by atoms with Crippen molar-refractivity contribution in [1.29, 1.82) is 0 Å². The van der Waals surface area contributed by atoms with Gasteiger partial charge in [0.15, 0.2) is 0 Å². The molecular formula is C21H23F2N3O3S. The fourth-order valence-electron chi connectivity index (χ4n) is 4.16. The lowest BCUT2D eigenvalue weighted by Gasteiger charge is -2.37. The summed E-state index contributed by atoms with van der Waals surface area (Å²) >= 11 is 1.44. The fourth-order valence-corrected chi connectivity index (χ4v) is 4.85. The molecule has 1 fully saturated rings. The quantitative estimate of drug-likeness (QED) is 0.648. The summed E-state index contributed by atoms with van der Waals surface area (Å²) in [6.07, 6.45) is 0.223. The van der Waals surface area contributed by atoms with E-state index in [4.69, 9.17) is 14.9 Å². The first-order chi connectivity index (χ1) is 14.2. The van der Waals surface area contributed by atoms with Gasteiger partial charge in [0.1, 0.15) is 23.7 Å². The molecule has 0 radical (unpaired) electrons. The van der Waals surface area contributed by atoms with Gasteiger partial charge in [-0.05, 0) is 46.0 Å². The van der Waals surface area contributed by atoms with Crippen LogP contribution in [0.5, 0.6) is 5.75 Å². The third kappa shape index (κ3) is 3.56. The van der Waals surface area contributed by atoms with Gasteiger partial charge in [-0.15, -0.1) is 11.3 Å². The first kappa shape index (κ1) is 20.7. The highest BCUT2D eigenvalue weighted by Gasteiger charge is 2.47. The van der Waals surface area contributed by atoms with Crippen LogP contribution in [0.1, 0.15) is 44.6 Å². The number of hydrogen-bond acceptors (Lipinski definition) is 6. The topological polar surface area (TPSA) is 81.6 Å². The number of likely N-dealkylation sites (tertiary alicyclic amines) is 1. The van der Waals surface area contributed by atoms with Crippen molar-refractivity contribution in [2.75, 3.05) is 20.1 Å². The number of aryl methyl sites for hydroxylation is 2. The molecule has 1 aliphatic rings. The van der Waals surface area contributed by atoms with Crippen molar-refractivity contribution in [3.63, 3.8) is 0 Å². The minimum Gasteiger partial charge on any atom is -0.488 e. The molecule has 1 atom stereocenters. The van der Waals surface area contributed by atoms with Gasteiger partial charge in [0.05, 0.1) is 34.1 Å². The Kier molecular flexibility index (Phi) is 5.27. The van der Waals surface area contributed by atoms with E-state index in [-0.39, 0.29) is 25.1 Å². The van der Waals surface area contributed by atoms with E-state index in [1.54, 1.807) is 36.5 Å². The molecule has 3 aromatic rings. The van der Waals surface area contributed by atoms with Gasteiger partial charge >= 0.3 is 0 Å². The molecule has 2 N–H and O–H groups in total. The number of thiazole rings is 1. The van der Waals surface area contributed by atoms with Gasteiger partial charge in [-0.1, -0.05) is 0 Å². The lowest BCUT2D eigenvalue weighted by Crippen LogP contribution is -2.45. The number of aromatic nitrogens is 1. The molecule has 160 valence electrons. The largest absolute Gasteiger partial charge is 0.488 e. The number of primary amides is 1. The Hall–Kier alpha value is -2.52. The van der Waals surface area contributed by atoms with Crippen LogP contribution in [0, 0.1) is 13.8 Å². The third-order valence-corrected chi connectivity index (χ3v) is 6.53. The third-order valence-electron chi connectivity index (χ3n) is 5.62. The lowest BCUT2D eigenvalue weighted by molar-refractivity contribution is -0.0767. The molecule has 0 saturated carbocycles. The number of amides is 1. The highest BCUT2D eigenvalue weighted by molar-refractivity contribution is 7.09. The maximum absolute atomic E-state index is 15.2. The first-order valence-electron chi connectivity index (χ1n) is 9.63. The number of rotatable bonds is 5. The Morgan fingerprint density at radius 3 is 2.83 bits per heavy atom. The van der Waals surface area contributed by atoms with Crippen molar-refractivity contribution in [2.45, 2.75) is 38.7 Å². The summed E-state index contributed by atoms with van der Waals surface area (Å²) in [5, 5.41) is 0.327. The summed E-state index contributed by atoms with van der Waals surface area (Å²) in [5.41, 5.74) is 8.92. The Morgan fingerprint density at radius 1 is 1.43 bits per heavy atom. The SMILES string of the molecule is Cc1ncsc1COc1ccc2oc(C)c(C(N)=O)c2c1C1CCN(C)CC1(F)F. The smallest absolute Gasteiger partial charge is 0.267 e. The minimum absolute atomic E-state index is 0.133. The molecule has 0 bridgehead atoms. The number of furan rings is 1. The normalized spacial score (nSPS) is 19.3. The van der Waals surface area contributed by atoms with Gasteiger partial charge < -0.3 is 19.8 Å². The van der Waals surface area contributed by atoms with E-state index < -0.39 is 17.7 Å². The number of nitrogens with two attached hydrogens (primary N) is 1. The molecule has 1 aliphatic heterocycles. The number of nitrogens with zero attached hydrogens (tertiary/aromatic N) is 2. The second kappa shape index (κ2) is 7.63. The molecule has 9 heteroatoms. The second-order valence-corrected chi connectivity index (χ2v) is 8.68. The van der Waals surface area contributed by atoms with Gasteiger partial charge in [-0.3, -0.25) is 4.79 Å². The molecular weight excluding hydrogens is 412 g/mol. The van der Waals surface area contributed by atoms with E-state index in [1.807, 2.05) is 6.92 Å².